The number of halogens is 1. The van der Waals surface area contributed by atoms with E-state index in [4.69, 9.17) is 21.1 Å². The fraction of sp³-hybridized carbons (Fsp3) is 0.333. The van der Waals surface area contributed by atoms with E-state index in [1.807, 2.05) is 48.5 Å². The molecule has 3 rings (SSSR count). The molecule has 1 saturated heterocycles. The van der Waals surface area contributed by atoms with Crippen molar-refractivity contribution in [3.63, 3.8) is 0 Å². The van der Waals surface area contributed by atoms with Crippen LogP contribution in [0.4, 0.5) is 0 Å². The van der Waals surface area contributed by atoms with Crippen LogP contribution in [0.15, 0.2) is 48.5 Å². The number of rotatable bonds is 5. The smallest absolute Gasteiger partial charge is 0.138 e. The Kier molecular flexibility index (Phi) is 5.20. The van der Waals surface area contributed by atoms with Crippen molar-refractivity contribution in [2.24, 2.45) is 0 Å². The van der Waals surface area contributed by atoms with Gasteiger partial charge in [-0.3, -0.25) is 0 Å². The third-order valence-electron chi connectivity index (χ3n) is 3.73. The maximum atomic E-state index is 6.30. The molecule has 0 saturated carbocycles. The van der Waals surface area contributed by atoms with Gasteiger partial charge in [-0.15, -0.1) is 0 Å². The minimum absolute atomic E-state index is 0.272. The molecule has 1 aliphatic heterocycles. The summed E-state index contributed by atoms with van der Waals surface area (Å²) in [5.41, 5.74) is 1.12. The normalized spacial score (nSPS) is 15.5. The second-order valence-corrected chi connectivity index (χ2v) is 5.84. The molecule has 2 aromatic rings. The van der Waals surface area contributed by atoms with Gasteiger partial charge in [0.2, 0.25) is 0 Å². The summed E-state index contributed by atoms with van der Waals surface area (Å²) in [5, 5.41) is 3.91. The molecule has 1 fully saturated rings. The zero-order chi connectivity index (χ0) is 15.2. The molecule has 0 aliphatic carbocycles. The average molecular weight is 318 g/mol. The van der Waals surface area contributed by atoms with Crippen LogP contribution in [0.2, 0.25) is 5.02 Å². The molecule has 1 heterocycles. The highest BCUT2D eigenvalue weighted by Gasteiger charge is 2.15. The lowest BCUT2D eigenvalue weighted by molar-refractivity contribution is 0.162. The van der Waals surface area contributed by atoms with Crippen LogP contribution in [0.3, 0.4) is 0 Å². The summed E-state index contributed by atoms with van der Waals surface area (Å²) in [6, 6.07) is 15.7. The van der Waals surface area contributed by atoms with Gasteiger partial charge >= 0.3 is 0 Å². The Morgan fingerprint density at radius 2 is 1.82 bits per heavy atom. The van der Waals surface area contributed by atoms with E-state index in [0.717, 1.165) is 37.2 Å². The van der Waals surface area contributed by atoms with Gasteiger partial charge in [-0.2, -0.15) is 0 Å². The third kappa shape index (κ3) is 4.15. The summed E-state index contributed by atoms with van der Waals surface area (Å²) in [4.78, 5) is 0. The number of benzene rings is 2. The summed E-state index contributed by atoms with van der Waals surface area (Å²) < 4.78 is 11.7. The highest BCUT2D eigenvalue weighted by atomic mass is 35.5. The van der Waals surface area contributed by atoms with Crippen LogP contribution >= 0.6 is 11.6 Å². The number of hydrogen-bond donors (Lipinski definition) is 1. The molecule has 0 aromatic heterocycles. The maximum Gasteiger partial charge on any atom is 0.138 e. The lowest BCUT2D eigenvalue weighted by Crippen LogP contribution is -2.34. The van der Waals surface area contributed by atoms with Crippen molar-refractivity contribution < 1.29 is 9.47 Å². The van der Waals surface area contributed by atoms with Crippen molar-refractivity contribution in [2.45, 2.75) is 25.6 Å². The van der Waals surface area contributed by atoms with E-state index in [1.54, 1.807) is 0 Å². The van der Waals surface area contributed by atoms with E-state index in [9.17, 15) is 0 Å². The van der Waals surface area contributed by atoms with Crippen LogP contribution in [0.1, 0.15) is 18.4 Å². The first-order chi connectivity index (χ1) is 10.8. The van der Waals surface area contributed by atoms with E-state index in [-0.39, 0.29) is 6.10 Å². The minimum atomic E-state index is 0.272. The van der Waals surface area contributed by atoms with Crippen molar-refractivity contribution in [3.05, 3.63) is 59.1 Å². The van der Waals surface area contributed by atoms with E-state index >= 15 is 0 Å². The molecule has 3 nitrogen and oxygen atoms in total. The van der Waals surface area contributed by atoms with Crippen LogP contribution in [0, 0.1) is 0 Å². The Morgan fingerprint density at radius 3 is 2.55 bits per heavy atom. The van der Waals surface area contributed by atoms with E-state index < -0.39 is 0 Å². The predicted molar refractivity (Wildman–Crippen MR) is 88.7 cm³/mol. The molecule has 116 valence electrons. The van der Waals surface area contributed by atoms with Crippen LogP contribution < -0.4 is 14.8 Å². The molecule has 0 bridgehead atoms. The van der Waals surface area contributed by atoms with E-state index in [0.29, 0.717) is 17.4 Å². The number of nitrogens with one attached hydrogen (secondary N) is 1. The Bertz CT molecular complexity index is 597. The molecule has 0 radical (unpaired) electrons. The molecular weight excluding hydrogens is 298 g/mol. The molecule has 1 aliphatic rings. The van der Waals surface area contributed by atoms with Crippen LogP contribution in [-0.2, 0) is 6.61 Å². The molecule has 0 amide bonds. The fourth-order valence-corrected chi connectivity index (χ4v) is 2.74. The quantitative estimate of drug-likeness (QED) is 0.902. The molecule has 4 heteroatoms. The summed E-state index contributed by atoms with van der Waals surface area (Å²) in [7, 11) is 0. The summed E-state index contributed by atoms with van der Waals surface area (Å²) in [6.45, 7) is 2.53. The molecule has 22 heavy (non-hydrogen) atoms. The van der Waals surface area contributed by atoms with Crippen LogP contribution in [0.25, 0.3) is 0 Å². The number of piperidine rings is 1. The van der Waals surface area contributed by atoms with Gasteiger partial charge in [0.25, 0.3) is 0 Å². The van der Waals surface area contributed by atoms with Gasteiger partial charge in [0.1, 0.15) is 24.2 Å². The van der Waals surface area contributed by atoms with E-state index in [2.05, 4.69) is 5.32 Å². The Morgan fingerprint density at radius 1 is 1.05 bits per heavy atom. The summed E-state index contributed by atoms with van der Waals surface area (Å²) in [6.07, 6.45) is 2.33. The average Bonchev–Trinajstić information content (AvgIpc) is 2.56. The van der Waals surface area contributed by atoms with Gasteiger partial charge in [-0.1, -0.05) is 41.9 Å². The minimum Gasteiger partial charge on any atom is -0.490 e. The standard InChI is InChI=1S/C18H20ClNO2/c19-17-12-16(22-15-8-10-20-11-9-15)6-7-18(17)21-13-14-4-2-1-3-5-14/h1-7,12,15,20H,8-11,13H2. The lowest BCUT2D eigenvalue weighted by Gasteiger charge is -2.24. The van der Waals surface area contributed by atoms with E-state index in [1.165, 1.54) is 0 Å². The second kappa shape index (κ2) is 7.52. The second-order valence-electron chi connectivity index (χ2n) is 5.43. The molecule has 1 N–H and O–H groups in total. The largest absolute Gasteiger partial charge is 0.490 e. The lowest BCUT2D eigenvalue weighted by atomic mass is 10.1. The van der Waals surface area contributed by atoms with Crippen molar-refractivity contribution in [2.75, 3.05) is 13.1 Å². The van der Waals surface area contributed by atoms with Gasteiger partial charge in [0.15, 0.2) is 0 Å². The first-order valence-electron chi connectivity index (χ1n) is 7.65. The number of ether oxygens (including phenoxy) is 2. The highest BCUT2D eigenvalue weighted by Crippen LogP contribution is 2.30. The maximum absolute atomic E-state index is 6.30. The Labute approximate surface area is 136 Å². The van der Waals surface area contributed by atoms with Gasteiger partial charge in [0.05, 0.1) is 5.02 Å². The van der Waals surface area contributed by atoms with Crippen LogP contribution in [-0.4, -0.2) is 19.2 Å². The summed E-state index contributed by atoms with van der Waals surface area (Å²) in [5.74, 6) is 1.49. The topological polar surface area (TPSA) is 30.5 Å². The Hall–Kier alpha value is -1.71. The van der Waals surface area contributed by atoms with Gasteiger partial charge < -0.3 is 14.8 Å². The molecular formula is C18H20ClNO2. The predicted octanol–water partition coefficient (Wildman–Crippen LogP) is 4.05. The van der Waals surface area contributed by atoms with Crippen molar-refractivity contribution in [3.8, 4) is 11.5 Å². The fourth-order valence-electron chi connectivity index (χ4n) is 2.51. The van der Waals surface area contributed by atoms with Crippen molar-refractivity contribution >= 4 is 11.6 Å². The Balaban J connectivity index is 1.59. The van der Waals surface area contributed by atoms with Crippen molar-refractivity contribution in [1.29, 1.82) is 0 Å². The molecule has 2 aromatic carbocycles. The van der Waals surface area contributed by atoms with Gasteiger partial charge in [-0.05, 0) is 43.6 Å². The molecule has 0 atom stereocenters. The molecule has 0 spiro atoms. The van der Waals surface area contributed by atoms with Crippen molar-refractivity contribution in [1.82, 2.24) is 5.32 Å². The third-order valence-corrected chi connectivity index (χ3v) is 4.02. The monoisotopic (exact) mass is 317 g/mol. The SMILES string of the molecule is Clc1cc(OC2CCNCC2)ccc1OCc1ccccc1. The molecule has 0 unspecified atom stereocenters. The highest BCUT2D eigenvalue weighted by molar-refractivity contribution is 6.32. The van der Waals surface area contributed by atoms with Gasteiger partial charge in [-0.25, -0.2) is 0 Å². The first-order valence-corrected chi connectivity index (χ1v) is 8.03. The zero-order valence-electron chi connectivity index (χ0n) is 12.4. The van der Waals surface area contributed by atoms with Crippen LogP contribution in [0.5, 0.6) is 11.5 Å². The summed E-state index contributed by atoms with van der Waals surface area (Å²) >= 11 is 6.30. The number of hydrogen-bond acceptors (Lipinski definition) is 3. The zero-order valence-corrected chi connectivity index (χ0v) is 13.2. The first kappa shape index (κ1) is 15.2. The van der Waals surface area contributed by atoms with Gasteiger partial charge in [0, 0.05) is 6.07 Å².